The molecule has 38 heavy (non-hydrogen) atoms. The third-order valence-electron chi connectivity index (χ3n) is 8.51. The van der Waals surface area contributed by atoms with Crippen LogP contribution in [0.2, 0.25) is 0 Å². The molecule has 4 aliphatic heterocycles. The van der Waals surface area contributed by atoms with Crippen LogP contribution in [0.5, 0.6) is 0 Å². The highest BCUT2D eigenvalue weighted by molar-refractivity contribution is 6.26. The van der Waals surface area contributed by atoms with Crippen LogP contribution in [0.15, 0.2) is 78.9 Å². The quantitative estimate of drug-likeness (QED) is 0.552. The number of nitrogens with one attached hydrogen (secondary N) is 1. The Bertz CT molecular complexity index is 1520. The van der Waals surface area contributed by atoms with Gasteiger partial charge in [-0.15, -0.1) is 0 Å². The highest BCUT2D eigenvalue weighted by Gasteiger charge is 2.71. The number of carbonyl (C=O) groups is 4. The molecule has 4 heterocycles. The average molecular weight is 507 g/mol. The molecule has 3 aromatic carbocycles. The molecule has 0 aliphatic carbocycles. The van der Waals surface area contributed by atoms with E-state index >= 15 is 0 Å². The molecule has 3 aromatic rings. The zero-order valence-electron chi connectivity index (χ0n) is 20.8. The summed E-state index contributed by atoms with van der Waals surface area (Å²) in [7, 11) is 0. The highest BCUT2D eigenvalue weighted by atomic mass is 16.2. The molecule has 8 heteroatoms. The van der Waals surface area contributed by atoms with E-state index in [1.165, 1.54) is 9.80 Å². The first-order chi connectivity index (χ1) is 18.4. The molecule has 4 unspecified atom stereocenters. The maximum atomic E-state index is 14.4. The lowest BCUT2D eigenvalue weighted by atomic mass is 9.76. The number of hydrogen-bond donors (Lipinski definition) is 1. The summed E-state index contributed by atoms with van der Waals surface area (Å²) in [6.45, 7) is 2.26. The summed E-state index contributed by atoms with van der Waals surface area (Å²) in [4.78, 5) is 59.9. The van der Waals surface area contributed by atoms with Crippen molar-refractivity contribution < 1.29 is 19.2 Å². The first-order valence-electron chi connectivity index (χ1n) is 12.9. The average Bonchev–Trinajstić information content (AvgIpc) is 3.63. The number of nitrogens with zero attached hydrogens (tertiary/aromatic N) is 3. The number of fused-ring (bicyclic) bond motifs is 5. The molecule has 1 spiro atoms. The van der Waals surface area contributed by atoms with E-state index in [0.29, 0.717) is 23.5 Å². The molecule has 2 fully saturated rings. The van der Waals surface area contributed by atoms with Crippen molar-refractivity contribution in [2.75, 3.05) is 27.8 Å². The van der Waals surface area contributed by atoms with E-state index in [2.05, 4.69) is 5.32 Å². The zero-order chi connectivity index (χ0) is 26.2. The fraction of sp³-hybridized carbons (Fsp3) is 0.267. The van der Waals surface area contributed by atoms with Crippen molar-refractivity contribution in [3.63, 3.8) is 0 Å². The van der Waals surface area contributed by atoms with Crippen LogP contribution in [-0.2, 0) is 31.1 Å². The van der Waals surface area contributed by atoms with E-state index in [1.54, 1.807) is 29.2 Å². The van der Waals surface area contributed by atoms with E-state index < -0.39 is 29.3 Å². The number of carbonyl (C=O) groups excluding carboxylic acids is 4. The Kier molecular flexibility index (Phi) is 4.87. The minimum absolute atomic E-state index is 0.149. The van der Waals surface area contributed by atoms with Crippen LogP contribution in [0.3, 0.4) is 0 Å². The molecular formula is C30H26N4O4. The van der Waals surface area contributed by atoms with Crippen molar-refractivity contribution in [1.29, 1.82) is 0 Å². The Morgan fingerprint density at radius 1 is 0.895 bits per heavy atom. The van der Waals surface area contributed by atoms with Crippen molar-refractivity contribution in [2.24, 2.45) is 11.8 Å². The predicted octanol–water partition coefficient (Wildman–Crippen LogP) is 2.62. The van der Waals surface area contributed by atoms with Crippen LogP contribution in [0.1, 0.15) is 18.1 Å². The summed E-state index contributed by atoms with van der Waals surface area (Å²) in [6.07, 6.45) is 0.769. The van der Waals surface area contributed by atoms with Gasteiger partial charge in [0.1, 0.15) is 12.1 Å². The molecule has 8 nitrogen and oxygen atoms in total. The van der Waals surface area contributed by atoms with Gasteiger partial charge in [-0.05, 0) is 43.2 Å². The van der Waals surface area contributed by atoms with Crippen molar-refractivity contribution in [3.8, 4) is 0 Å². The summed E-state index contributed by atoms with van der Waals surface area (Å²) < 4.78 is 0. The van der Waals surface area contributed by atoms with Crippen molar-refractivity contribution in [2.45, 2.75) is 24.9 Å². The van der Waals surface area contributed by atoms with E-state index in [1.807, 2.05) is 61.5 Å². The van der Waals surface area contributed by atoms with Gasteiger partial charge in [-0.1, -0.05) is 54.6 Å². The molecule has 1 N–H and O–H groups in total. The fourth-order valence-electron chi connectivity index (χ4n) is 6.92. The second kappa shape index (κ2) is 8.10. The number of hydrogen-bond acceptors (Lipinski definition) is 5. The minimum Gasteiger partial charge on any atom is -0.310 e. The lowest BCUT2D eigenvalue weighted by molar-refractivity contribution is -0.132. The Hall–Kier alpha value is -4.30. The largest absolute Gasteiger partial charge is 0.310 e. The first-order valence-corrected chi connectivity index (χ1v) is 12.9. The predicted molar refractivity (Wildman–Crippen MR) is 141 cm³/mol. The Morgan fingerprint density at radius 3 is 2.37 bits per heavy atom. The third kappa shape index (κ3) is 2.89. The lowest BCUT2D eigenvalue weighted by Crippen LogP contribution is -2.56. The highest BCUT2D eigenvalue weighted by Crippen LogP contribution is 2.55. The molecule has 2 saturated heterocycles. The van der Waals surface area contributed by atoms with Crippen LogP contribution in [0.4, 0.5) is 17.1 Å². The van der Waals surface area contributed by atoms with E-state index in [4.69, 9.17) is 0 Å². The van der Waals surface area contributed by atoms with Crippen molar-refractivity contribution >= 4 is 40.7 Å². The van der Waals surface area contributed by atoms with E-state index in [9.17, 15) is 19.2 Å². The number of imide groups is 1. The molecule has 4 atom stereocenters. The van der Waals surface area contributed by atoms with Gasteiger partial charge in [-0.25, -0.2) is 4.90 Å². The Labute approximate surface area is 219 Å². The van der Waals surface area contributed by atoms with Crippen LogP contribution >= 0.6 is 0 Å². The number of rotatable bonds is 3. The van der Waals surface area contributed by atoms with E-state index in [-0.39, 0.29) is 24.3 Å². The summed E-state index contributed by atoms with van der Waals surface area (Å²) in [6, 6.07) is 23.5. The normalized spacial score (nSPS) is 27.3. The Morgan fingerprint density at radius 2 is 1.58 bits per heavy atom. The molecule has 7 rings (SSSR count). The number of amides is 4. The zero-order valence-corrected chi connectivity index (χ0v) is 20.8. The summed E-state index contributed by atoms with van der Waals surface area (Å²) in [5, 5.41) is 3.37. The van der Waals surface area contributed by atoms with Gasteiger partial charge >= 0.3 is 0 Å². The minimum atomic E-state index is -1.42. The molecule has 4 amide bonds. The van der Waals surface area contributed by atoms with Gasteiger partial charge in [0.25, 0.3) is 5.91 Å². The topological polar surface area (TPSA) is 90.0 Å². The van der Waals surface area contributed by atoms with Gasteiger partial charge in [0.05, 0.1) is 17.5 Å². The molecule has 0 aromatic heterocycles. The maximum absolute atomic E-state index is 14.4. The summed E-state index contributed by atoms with van der Waals surface area (Å²) in [5.74, 6) is -2.86. The van der Waals surface area contributed by atoms with Crippen LogP contribution in [0, 0.1) is 11.8 Å². The lowest BCUT2D eigenvalue weighted by Gasteiger charge is -2.30. The molecule has 0 radical (unpaired) electrons. The molecule has 0 saturated carbocycles. The van der Waals surface area contributed by atoms with Crippen molar-refractivity contribution in [1.82, 2.24) is 5.32 Å². The van der Waals surface area contributed by atoms with E-state index in [0.717, 1.165) is 17.7 Å². The van der Waals surface area contributed by atoms with Gasteiger partial charge in [0, 0.05) is 29.5 Å². The second-order valence-corrected chi connectivity index (χ2v) is 10.4. The summed E-state index contributed by atoms with van der Waals surface area (Å²) in [5.41, 5.74) is 2.29. The number of benzene rings is 3. The number of para-hydroxylation sites is 3. The van der Waals surface area contributed by atoms with Gasteiger partial charge in [-0.2, -0.15) is 0 Å². The Balaban J connectivity index is 1.28. The molecule has 0 bridgehead atoms. The second-order valence-electron chi connectivity index (χ2n) is 10.4. The fourth-order valence-corrected chi connectivity index (χ4v) is 6.92. The first kappa shape index (κ1) is 22.9. The van der Waals surface area contributed by atoms with Gasteiger partial charge in [-0.3, -0.25) is 24.5 Å². The summed E-state index contributed by atoms with van der Waals surface area (Å²) >= 11 is 0. The third-order valence-corrected chi connectivity index (χ3v) is 8.51. The van der Waals surface area contributed by atoms with Crippen LogP contribution < -0.4 is 20.0 Å². The number of anilines is 3. The van der Waals surface area contributed by atoms with Gasteiger partial charge < -0.3 is 9.80 Å². The van der Waals surface area contributed by atoms with Gasteiger partial charge in [0.2, 0.25) is 17.7 Å². The van der Waals surface area contributed by atoms with Crippen LogP contribution in [-0.4, -0.2) is 42.8 Å². The molecule has 4 aliphatic rings. The van der Waals surface area contributed by atoms with Gasteiger partial charge in [0.15, 0.2) is 0 Å². The smallest absolute Gasteiger partial charge is 0.253 e. The molecule has 190 valence electrons. The van der Waals surface area contributed by atoms with Crippen molar-refractivity contribution in [3.05, 3.63) is 90.0 Å². The SMILES string of the molecule is CC1NC2(C(=O)N(CC(=O)N3CCc4ccccc43)c3ccccc32)C2C(=O)N(c3ccccc3)C(=O)C12. The molecular weight excluding hydrogens is 480 g/mol. The monoisotopic (exact) mass is 506 g/mol. The van der Waals surface area contributed by atoms with Crippen LogP contribution in [0.25, 0.3) is 0 Å². The standard InChI is InChI=1S/C30H26N4O4/c1-18-25-26(28(37)34(27(25)36)20-10-3-2-4-11-20)30(31-18)21-12-6-8-14-23(21)33(29(30)38)17-24(35)32-16-15-19-9-5-7-13-22(19)32/h2-14,18,25-26,31H,15-17H2,1H3. The maximum Gasteiger partial charge on any atom is 0.253 e.